The van der Waals surface area contributed by atoms with Crippen LogP contribution in [0.2, 0.25) is 0 Å². The number of carbonyl (C=O) groups is 6. The summed E-state index contributed by atoms with van der Waals surface area (Å²) in [7, 11) is 1.55. The molecule has 11 rings (SSSR count). The number of para-hydroxylation sites is 2. The molecule has 534 valence electrons. The van der Waals surface area contributed by atoms with Gasteiger partial charge in [0.15, 0.2) is 0 Å². The van der Waals surface area contributed by atoms with E-state index in [9.17, 15) is 44.1 Å². The Hall–Kier alpha value is -4.65. The zero-order chi connectivity index (χ0) is 69.1. The van der Waals surface area contributed by atoms with Crippen molar-refractivity contribution in [2.75, 3.05) is 13.7 Å². The van der Waals surface area contributed by atoms with Gasteiger partial charge in [0.25, 0.3) is 0 Å². The molecule has 1 aromatic carbocycles. The minimum absolute atomic E-state index is 0.0422. The first-order chi connectivity index (χ1) is 44.9. The molecule has 0 aliphatic heterocycles. The van der Waals surface area contributed by atoms with E-state index in [1.54, 1.807) is 13.4 Å². The molecule has 0 spiro atoms. The number of imidazole rings is 1. The summed E-state index contributed by atoms with van der Waals surface area (Å²) in [6, 6.07) is 7.87. The van der Waals surface area contributed by atoms with Gasteiger partial charge in [-0.2, -0.15) is 0 Å². The molecular formula is C77H120N2O16. The number of hydrogen-bond acceptors (Lipinski definition) is 17. The van der Waals surface area contributed by atoms with Crippen LogP contribution >= 0.6 is 0 Å². The fourth-order valence-electron chi connectivity index (χ4n) is 22.3. The van der Waals surface area contributed by atoms with Crippen LogP contribution in [-0.2, 0) is 68.5 Å². The molecule has 0 saturated heterocycles. The Morgan fingerprint density at radius 3 is 1.83 bits per heavy atom. The average molecular weight is 1330 g/mol. The number of aliphatic hydroxyl groups excluding tert-OH is 3. The van der Waals surface area contributed by atoms with Crippen molar-refractivity contribution >= 4 is 46.8 Å². The van der Waals surface area contributed by atoms with Crippen molar-refractivity contribution in [3.05, 3.63) is 30.6 Å². The Bertz CT molecular complexity index is 2960. The third-order valence-electron chi connectivity index (χ3n) is 27.2. The van der Waals surface area contributed by atoms with E-state index in [4.69, 9.17) is 33.2 Å². The number of methoxy groups -OCH3 is 1. The highest BCUT2D eigenvalue weighted by atomic mass is 16.7. The molecule has 95 heavy (non-hydrogen) atoms. The second kappa shape index (κ2) is 30.9. The summed E-state index contributed by atoms with van der Waals surface area (Å²) in [5.41, 5.74) is 1.33. The third-order valence-corrected chi connectivity index (χ3v) is 27.2. The molecule has 9 saturated carbocycles. The number of carbonyl (C=O) groups excluding carboxylic acids is 6. The zero-order valence-corrected chi connectivity index (χ0v) is 60.2. The number of benzene rings is 1. The van der Waals surface area contributed by atoms with Gasteiger partial charge in [0, 0.05) is 64.9 Å². The van der Waals surface area contributed by atoms with Gasteiger partial charge in [-0.25, -0.2) is 4.98 Å². The van der Waals surface area contributed by atoms with Crippen LogP contribution in [-0.4, -0.2) is 123 Å². The summed E-state index contributed by atoms with van der Waals surface area (Å²) in [6.07, 6.45) is 19.3. The van der Waals surface area contributed by atoms with E-state index in [1.807, 2.05) is 42.7 Å². The van der Waals surface area contributed by atoms with E-state index in [0.29, 0.717) is 62.0 Å². The Balaban J connectivity index is 0.000000185. The first kappa shape index (κ1) is 74.6. The smallest absolute Gasteiger partial charge is 0.308 e. The average Bonchev–Trinajstić information content (AvgIpc) is 1.69. The molecular weight excluding hydrogens is 1210 g/mol. The predicted octanol–water partition coefficient (Wildman–Crippen LogP) is 13.5. The maximum absolute atomic E-state index is 12.8. The van der Waals surface area contributed by atoms with Crippen LogP contribution in [0.5, 0.6) is 0 Å². The number of aliphatic hydroxyl groups is 3. The summed E-state index contributed by atoms with van der Waals surface area (Å²) < 4.78 is 41.9. The van der Waals surface area contributed by atoms with Crippen molar-refractivity contribution in [2.24, 2.45) is 98.6 Å². The highest BCUT2D eigenvalue weighted by molar-refractivity contribution is 5.75. The molecule has 0 radical (unpaired) electrons. The standard InChI is InChI=1S/C35H56O9.C31H52O5.C11H12N2O2/c1-19(2)33(40-9)44-31(39)13-10-20(3)26-11-12-27-32-28(18-30(35(26,27)8)43-23(6)38)34(7)15-14-25(41-21(4)36)16-24(34)17-29(32)42-22(5)37;1-5-31(13-6-7-14-31)36-27(35)11-8-19(2)22-9-10-23-28-24(18-26(34)30(22,23)4)29(3)15-12-21(32)16-20(29)17-25(28)33;1-9(14)15-7-6-13-8-12-10-4-2-3-5-11(10)13/h19-20,24-30,32-33H,10-18H2,1-9H3;19-26,28,32-34H,5-18H2,1-4H3;2-5,8H,6-7H2,1H3. The van der Waals surface area contributed by atoms with E-state index < -0.39 is 6.29 Å². The van der Waals surface area contributed by atoms with Crippen molar-refractivity contribution in [3.8, 4) is 0 Å². The number of aromatic nitrogens is 2. The molecule has 9 aliphatic carbocycles. The Labute approximate surface area is 566 Å². The Morgan fingerprint density at radius 1 is 0.632 bits per heavy atom. The molecule has 18 heteroatoms. The molecule has 18 nitrogen and oxygen atoms in total. The second-order valence-corrected chi connectivity index (χ2v) is 32.6. The Morgan fingerprint density at radius 2 is 1.22 bits per heavy atom. The van der Waals surface area contributed by atoms with Crippen LogP contribution in [0.15, 0.2) is 30.6 Å². The minimum atomic E-state index is -0.561. The molecule has 9 fully saturated rings. The number of rotatable bonds is 19. The SMILES string of the molecule is CC(=O)OCCn1cnc2ccccc21.CCC1(OC(=O)CCC(C)C2CCC3C4C(O)CC5CC(O)CCC5(C)C4CC(O)C23C)CCCC1.COC(OC(=O)CCC(C)C1CCC2C3C(OC(C)=O)CC4CC(OC(C)=O)CCC4(C)C3CC(OC(C)=O)C12C)C(C)C. The molecule has 3 N–H and O–H groups in total. The largest absolute Gasteiger partial charge is 0.464 e. The highest BCUT2D eigenvalue weighted by Gasteiger charge is 2.69. The normalized spacial score (nSPS) is 38.2. The van der Waals surface area contributed by atoms with Crippen LogP contribution < -0.4 is 0 Å². The molecule has 0 bridgehead atoms. The van der Waals surface area contributed by atoms with Crippen LogP contribution in [0, 0.1) is 98.6 Å². The van der Waals surface area contributed by atoms with Crippen molar-refractivity contribution in [3.63, 3.8) is 0 Å². The summed E-state index contributed by atoms with van der Waals surface area (Å²) in [4.78, 5) is 77.2. The third kappa shape index (κ3) is 15.7. The first-order valence-corrected chi connectivity index (χ1v) is 37.0. The molecule has 9 aliphatic rings. The first-order valence-electron chi connectivity index (χ1n) is 37.0. The second-order valence-electron chi connectivity index (χ2n) is 32.6. The fraction of sp³-hybridized carbons (Fsp3) is 0.831. The number of fused-ring (bicyclic) bond motifs is 11. The summed E-state index contributed by atoms with van der Waals surface area (Å²) in [6.45, 7) is 26.7. The van der Waals surface area contributed by atoms with Gasteiger partial charge in [-0.1, -0.05) is 74.4 Å². The topological polar surface area (TPSA) is 246 Å². The lowest BCUT2D eigenvalue weighted by Gasteiger charge is -2.64. The van der Waals surface area contributed by atoms with E-state index in [0.717, 1.165) is 139 Å². The van der Waals surface area contributed by atoms with E-state index >= 15 is 0 Å². The molecule has 1 heterocycles. The quantitative estimate of drug-likeness (QED) is 0.0672. The van der Waals surface area contributed by atoms with Crippen molar-refractivity contribution < 1.29 is 77.2 Å². The van der Waals surface area contributed by atoms with Crippen molar-refractivity contribution in [1.29, 1.82) is 0 Å². The lowest BCUT2D eigenvalue weighted by atomic mass is 9.43. The van der Waals surface area contributed by atoms with Crippen molar-refractivity contribution in [1.82, 2.24) is 9.55 Å². The lowest BCUT2D eigenvalue weighted by molar-refractivity contribution is -0.224. The maximum atomic E-state index is 12.8. The summed E-state index contributed by atoms with van der Waals surface area (Å²) >= 11 is 0. The molecule has 23 unspecified atom stereocenters. The summed E-state index contributed by atoms with van der Waals surface area (Å²) in [5.74, 6) is 1.88. The van der Waals surface area contributed by atoms with E-state index in [2.05, 4.69) is 53.5 Å². The molecule has 2 aromatic rings. The van der Waals surface area contributed by atoms with Gasteiger partial charge < -0.3 is 53.0 Å². The molecule has 23 atom stereocenters. The van der Waals surface area contributed by atoms with Crippen LogP contribution in [0.25, 0.3) is 11.0 Å². The molecule has 0 amide bonds. The predicted molar refractivity (Wildman–Crippen MR) is 359 cm³/mol. The van der Waals surface area contributed by atoms with E-state index in [-0.39, 0.29) is 147 Å². The fourth-order valence-corrected chi connectivity index (χ4v) is 22.3. The highest BCUT2D eigenvalue weighted by Crippen LogP contribution is 2.71. The van der Waals surface area contributed by atoms with Crippen molar-refractivity contribution in [2.45, 2.75) is 293 Å². The van der Waals surface area contributed by atoms with Crippen LogP contribution in [0.3, 0.4) is 0 Å². The van der Waals surface area contributed by atoms with Crippen LogP contribution in [0.4, 0.5) is 0 Å². The van der Waals surface area contributed by atoms with Gasteiger partial charge in [0.1, 0.15) is 30.5 Å². The van der Waals surface area contributed by atoms with Gasteiger partial charge in [0.2, 0.25) is 6.29 Å². The minimum Gasteiger partial charge on any atom is -0.464 e. The van der Waals surface area contributed by atoms with Gasteiger partial charge >= 0.3 is 35.8 Å². The van der Waals surface area contributed by atoms with Gasteiger partial charge in [-0.3, -0.25) is 28.8 Å². The van der Waals surface area contributed by atoms with Gasteiger partial charge in [0.05, 0.1) is 42.2 Å². The monoisotopic (exact) mass is 1330 g/mol. The number of nitrogens with zero attached hydrogens (tertiary/aromatic N) is 2. The lowest BCUT2D eigenvalue weighted by Crippen LogP contribution is -2.63. The zero-order valence-electron chi connectivity index (χ0n) is 60.2. The van der Waals surface area contributed by atoms with E-state index in [1.165, 1.54) is 27.7 Å². The number of esters is 6. The van der Waals surface area contributed by atoms with Gasteiger partial charge in [-0.05, 0) is 228 Å². The summed E-state index contributed by atoms with van der Waals surface area (Å²) in [5, 5.41) is 33.5. The van der Waals surface area contributed by atoms with Crippen LogP contribution in [0.1, 0.15) is 238 Å². The number of hydrogen-bond donors (Lipinski definition) is 3. The maximum Gasteiger partial charge on any atom is 0.308 e. The van der Waals surface area contributed by atoms with Gasteiger partial charge in [-0.15, -0.1) is 0 Å². The number of ether oxygens (including phenoxy) is 7. The molecule has 1 aromatic heterocycles. The Kier molecular flexibility index (Phi) is 24.2.